The molecule has 21 heavy (non-hydrogen) atoms. The van der Waals surface area contributed by atoms with Crippen LogP contribution in [-0.4, -0.2) is 30.8 Å². The lowest BCUT2D eigenvalue weighted by molar-refractivity contribution is -0.137. The zero-order valence-electron chi connectivity index (χ0n) is 12.8. The molecule has 0 bridgehead atoms. The number of aliphatic carboxylic acids is 1. The smallest absolute Gasteiger partial charge is 0.303 e. The number of carbonyl (C=O) groups is 1. The molecule has 0 fully saturated rings. The minimum Gasteiger partial charge on any atom is -0.494 e. The maximum atomic E-state index is 10.4. The molecule has 0 aliphatic rings. The van der Waals surface area contributed by atoms with Gasteiger partial charge in [-0.1, -0.05) is 12.1 Å². The molecule has 0 aliphatic carbocycles. The lowest BCUT2D eigenvalue weighted by Crippen LogP contribution is -2.23. The van der Waals surface area contributed by atoms with Gasteiger partial charge in [-0.3, -0.25) is 4.79 Å². The van der Waals surface area contributed by atoms with Crippen LogP contribution in [-0.2, 0) is 11.2 Å². The average molecular weight is 316 g/mol. The standard InChI is InChI=1S/C16H25NO3.ClH/c1-13(17-2)11-14-7-6-8-15(12-14)20-10-5-3-4-9-16(18)19;/h6-8,12-13,17H,3-5,9-11H2,1-2H3,(H,18,19);1H/t13-;/m1./s1. The quantitative estimate of drug-likeness (QED) is 0.651. The first-order valence-electron chi connectivity index (χ1n) is 7.22. The normalized spacial score (nSPS) is 11.5. The molecule has 0 saturated carbocycles. The van der Waals surface area contributed by atoms with Crippen LogP contribution in [0.3, 0.4) is 0 Å². The van der Waals surface area contributed by atoms with Crippen LogP contribution in [0, 0.1) is 0 Å². The highest BCUT2D eigenvalue weighted by atomic mass is 35.5. The third kappa shape index (κ3) is 9.32. The number of hydrogen-bond donors (Lipinski definition) is 2. The topological polar surface area (TPSA) is 58.6 Å². The number of carboxylic acids is 1. The zero-order valence-corrected chi connectivity index (χ0v) is 13.6. The predicted molar refractivity (Wildman–Crippen MR) is 87.5 cm³/mol. The van der Waals surface area contributed by atoms with Crippen molar-refractivity contribution in [3.63, 3.8) is 0 Å². The number of halogens is 1. The molecule has 0 unspecified atom stereocenters. The molecule has 0 aromatic heterocycles. The first kappa shape index (κ1) is 19.7. The van der Waals surface area contributed by atoms with E-state index in [4.69, 9.17) is 9.84 Å². The van der Waals surface area contributed by atoms with Gasteiger partial charge in [-0.05, 0) is 57.4 Å². The third-order valence-electron chi connectivity index (χ3n) is 3.24. The van der Waals surface area contributed by atoms with Crippen molar-refractivity contribution in [1.82, 2.24) is 5.32 Å². The number of benzene rings is 1. The summed E-state index contributed by atoms with van der Waals surface area (Å²) in [5, 5.41) is 11.8. The summed E-state index contributed by atoms with van der Waals surface area (Å²) in [4.78, 5) is 10.4. The van der Waals surface area contributed by atoms with Gasteiger partial charge in [-0.25, -0.2) is 0 Å². The average Bonchev–Trinajstić information content (AvgIpc) is 2.42. The molecule has 0 saturated heterocycles. The second-order valence-electron chi connectivity index (χ2n) is 5.09. The van der Waals surface area contributed by atoms with Crippen molar-refractivity contribution < 1.29 is 14.6 Å². The maximum absolute atomic E-state index is 10.4. The molecule has 0 spiro atoms. The summed E-state index contributed by atoms with van der Waals surface area (Å²) in [6, 6.07) is 8.60. The number of ether oxygens (including phenoxy) is 1. The van der Waals surface area contributed by atoms with Crippen molar-refractivity contribution in [3.05, 3.63) is 29.8 Å². The van der Waals surface area contributed by atoms with Crippen molar-refractivity contribution in [2.45, 2.75) is 45.1 Å². The summed E-state index contributed by atoms with van der Waals surface area (Å²) in [5.41, 5.74) is 1.26. The number of nitrogens with one attached hydrogen (secondary N) is 1. The van der Waals surface area contributed by atoms with Gasteiger partial charge in [0.2, 0.25) is 0 Å². The molecular formula is C16H26ClNO3. The molecule has 0 heterocycles. The van der Waals surface area contributed by atoms with Crippen molar-refractivity contribution in [3.8, 4) is 5.75 Å². The van der Waals surface area contributed by atoms with E-state index in [1.54, 1.807) is 0 Å². The fraction of sp³-hybridized carbons (Fsp3) is 0.562. The van der Waals surface area contributed by atoms with Crippen LogP contribution in [0.4, 0.5) is 0 Å². The van der Waals surface area contributed by atoms with Gasteiger partial charge >= 0.3 is 5.97 Å². The Balaban J connectivity index is 0.00000400. The number of rotatable bonds is 10. The van der Waals surface area contributed by atoms with Crippen LogP contribution in [0.1, 0.15) is 38.2 Å². The molecular weight excluding hydrogens is 290 g/mol. The lowest BCUT2D eigenvalue weighted by atomic mass is 10.1. The van der Waals surface area contributed by atoms with E-state index in [-0.39, 0.29) is 18.8 Å². The van der Waals surface area contributed by atoms with E-state index in [2.05, 4.69) is 24.4 Å². The van der Waals surface area contributed by atoms with Gasteiger partial charge in [0, 0.05) is 12.5 Å². The van der Waals surface area contributed by atoms with Crippen LogP contribution in [0.5, 0.6) is 5.75 Å². The number of carboxylic acid groups (broad SMARTS) is 1. The summed E-state index contributed by atoms with van der Waals surface area (Å²) < 4.78 is 5.70. The van der Waals surface area contributed by atoms with E-state index >= 15 is 0 Å². The SMILES string of the molecule is CN[C@H](C)Cc1cccc(OCCCCCC(=O)O)c1.Cl. The van der Waals surface area contributed by atoms with E-state index in [0.29, 0.717) is 12.6 Å². The second-order valence-corrected chi connectivity index (χ2v) is 5.09. The Morgan fingerprint density at radius 1 is 1.33 bits per heavy atom. The minimum atomic E-state index is -0.725. The largest absolute Gasteiger partial charge is 0.494 e. The molecule has 120 valence electrons. The first-order chi connectivity index (χ1) is 9.61. The number of unbranched alkanes of at least 4 members (excludes halogenated alkanes) is 2. The molecule has 4 nitrogen and oxygen atoms in total. The monoisotopic (exact) mass is 315 g/mol. The van der Waals surface area contributed by atoms with Gasteiger partial charge in [0.25, 0.3) is 0 Å². The lowest BCUT2D eigenvalue weighted by Gasteiger charge is -2.11. The Hall–Kier alpha value is -1.26. The van der Waals surface area contributed by atoms with Crippen LogP contribution in [0.2, 0.25) is 0 Å². The first-order valence-corrected chi connectivity index (χ1v) is 7.22. The van der Waals surface area contributed by atoms with Crippen molar-refractivity contribution >= 4 is 18.4 Å². The molecule has 5 heteroatoms. The van der Waals surface area contributed by atoms with E-state index in [9.17, 15) is 4.79 Å². The minimum absolute atomic E-state index is 0. The van der Waals surface area contributed by atoms with Crippen LogP contribution < -0.4 is 10.1 Å². The summed E-state index contributed by atoms with van der Waals surface area (Å²) in [6.45, 7) is 2.79. The van der Waals surface area contributed by atoms with Crippen LogP contribution in [0.15, 0.2) is 24.3 Å². The van der Waals surface area contributed by atoms with Gasteiger partial charge in [0.1, 0.15) is 5.75 Å². The fourth-order valence-corrected chi connectivity index (χ4v) is 1.96. The van der Waals surface area contributed by atoms with E-state index in [0.717, 1.165) is 31.4 Å². The van der Waals surface area contributed by atoms with Gasteiger partial charge in [0.15, 0.2) is 0 Å². The molecule has 1 aromatic carbocycles. The van der Waals surface area contributed by atoms with E-state index < -0.39 is 5.97 Å². The predicted octanol–water partition coefficient (Wildman–Crippen LogP) is 3.28. The van der Waals surface area contributed by atoms with Gasteiger partial charge in [-0.15, -0.1) is 12.4 Å². The Kier molecular flexibility index (Phi) is 10.7. The Morgan fingerprint density at radius 2 is 2.10 bits per heavy atom. The summed E-state index contributed by atoms with van der Waals surface area (Å²) in [5.74, 6) is 0.168. The summed E-state index contributed by atoms with van der Waals surface area (Å²) in [7, 11) is 1.96. The van der Waals surface area contributed by atoms with Gasteiger partial charge in [0.05, 0.1) is 6.61 Å². The summed E-state index contributed by atoms with van der Waals surface area (Å²) in [6.07, 6.45) is 3.73. The van der Waals surface area contributed by atoms with Crippen molar-refractivity contribution in [1.29, 1.82) is 0 Å². The molecule has 1 atom stereocenters. The fourth-order valence-electron chi connectivity index (χ4n) is 1.96. The Labute approximate surface area is 133 Å². The van der Waals surface area contributed by atoms with E-state index in [1.165, 1.54) is 5.56 Å². The van der Waals surface area contributed by atoms with Crippen LogP contribution >= 0.6 is 12.4 Å². The highest BCUT2D eigenvalue weighted by Gasteiger charge is 2.02. The maximum Gasteiger partial charge on any atom is 0.303 e. The van der Waals surface area contributed by atoms with Gasteiger partial charge in [-0.2, -0.15) is 0 Å². The molecule has 0 amide bonds. The molecule has 1 rings (SSSR count). The molecule has 2 N–H and O–H groups in total. The Morgan fingerprint density at radius 3 is 2.76 bits per heavy atom. The van der Waals surface area contributed by atoms with Crippen LogP contribution in [0.25, 0.3) is 0 Å². The highest BCUT2D eigenvalue weighted by Crippen LogP contribution is 2.15. The Bertz CT molecular complexity index is 412. The molecule has 0 aliphatic heterocycles. The summed E-state index contributed by atoms with van der Waals surface area (Å²) >= 11 is 0. The number of likely N-dealkylation sites (N-methyl/N-ethyl adjacent to an activating group) is 1. The molecule has 1 aromatic rings. The highest BCUT2D eigenvalue weighted by molar-refractivity contribution is 5.85. The zero-order chi connectivity index (χ0) is 14.8. The third-order valence-corrected chi connectivity index (χ3v) is 3.24. The van der Waals surface area contributed by atoms with Crippen molar-refractivity contribution in [2.75, 3.05) is 13.7 Å². The second kappa shape index (κ2) is 11.4. The number of hydrogen-bond acceptors (Lipinski definition) is 3. The van der Waals surface area contributed by atoms with Crippen molar-refractivity contribution in [2.24, 2.45) is 0 Å². The van der Waals surface area contributed by atoms with E-state index in [1.807, 2.05) is 19.2 Å². The molecule has 0 radical (unpaired) electrons. The van der Waals surface area contributed by atoms with Gasteiger partial charge < -0.3 is 15.2 Å².